The van der Waals surface area contributed by atoms with Gasteiger partial charge < -0.3 is 9.64 Å². The Labute approximate surface area is 150 Å². The number of hydrogen-bond donors (Lipinski definition) is 0. The van der Waals surface area contributed by atoms with Crippen molar-refractivity contribution in [3.8, 4) is 11.8 Å². The number of nitrogens with zero attached hydrogens (tertiary/aromatic N) is 2. The van der Waals surface area contributed by atoms with Gasteiger partial charge >= 0.3 is 0 Å². The molecule has 0 aliphatic carbocycles. The Hall–Kier alpha value is -2.31. The Morgan fingerprint density at radius 3 is 2.56 bits per heavy atom. The highest BCUT2D eigenvalue weighted by molar-refractivity contribution is 5.39. The number of para-hydroxylation sites is 1. The first-order valence-corrected chi connectivity index (χ1v) is 9.17. The van der Waals surface area contributed by atoms with Gasteiger partial charge in [-0.15, -0.1) is 0 Å². The summed E-state index contributed by atoms with van der Waals surface area (Å²) < 4.78 is 6.10. The van der Waals surface area contributed by atoms with Crippen LogP contribution in [0.3, 0.4) is 0 Å². The maximum atomic E-state index is 9.23. The smallest absolute Gasteiger partial charge is 0.122 e. The van der Waals surface area contributed by atoms with Crippen molar-refractivity contribution in [2.24, 2.45) is 0 Å². The van der Waals surface area contributed by atoms with Crippen molar-refractivity contribution in [1.82, 2.24) is 4.90 Å². The van der Waals surface area contributed by atoms with Gasteiger partial charge in [0.05, 0.1) is 18.2 Å². The van der Waals surface area contributed by atoms with Crippen LogP contribution in [-0.4, -0.2) is 31.1 Å². The van der Waals surface area contributed by atoms with E-state index in [4.69, 9.17) is 4.74 Å². The van der Waals surface area contributed by atoms with Crippen LogP contribution in [0.4, 0.5) is 0 Å². The number of aryl methyl sites for hydroxylation is 2. The topological polar surface area (TPSA) is 36.3 Å². The third-order valence-electron chi connectivity index (χ3n) is 5.15. The molecule has 0 bridgehead atoms. The summed E-state index contributed by atoms with van der Waals surface area (Å²) >= 11 is 0. The van der Waals surface area contributed by atoms with Crippen molar-refractivity contribution >= 4 is 0 Å². The van der Waals surface area contributed by atoms with Crippen molar-refractivity contribution in [3.05, 3.63) is 65.2 Å². The second kappa shape index (κ2) is 8.69. The van der Waals surface area contributed by atoms with Crippen LogP contribution in [0.2, 0.25) is 0 Å². The van der Waals surface area contributed by atoms with Crippen LogP contribution < -0.4 is 4.74 Å². The first-order valence-electron chi connectivity index (χ1n) is 9.17. The summed E-state index contributed by atoms with van der Waals surface area (Å²) in [6, 6.07) is 19.1. The molecule has 0 saturated carbocycles. The summed E-state index contributed by atoms with van der Waals surface area (Å²) in [5, 5.41) is 9.23. The van der Waals surface area contributed by atoms with Gasteiger partial charge in [-0.3, -0.25) is 0 Å². The molecule has 1 heterocycles. The summed E-state index contributed by atoms with van der Waals surface area (Å²) in [4.78, 5) is 2.44. The van der Waals surface area contributed by atoms with Crippen molar-refractivity contribution < 1.29 is 4.74 Å². The van der Waals surface area contributed by atoms with E-state index in [1.807, 2.05) is 30.3 Å². The monoisotopic (exact) mass is 334 g/mol. The molecule has 1 fully saturated rings. The molecule has 25 heavy (non-hydrogen) atoms. The van der Waals surface area contributed by atoms with Gasteiger partial charge in [0, 0.05) is 6.04 Å². The number of benzene rings is 2. The summed E-state index contributed by atoms with van der Waals surface area (Å²) in [6.45, 7) is 1.97. The van der Waals surface area contributed by atoms with Gasteiger partial charge in [0.1, 0.15) is 5.75 Å². The number of rotatable bonds is 7. The lowest BCUT2D eigenvalue weighted by atomic mass is 10.00. The van der Waals surface area contributed by atoms with Crippen LogP contribution in [0.25, 0.3) is 0 Å². The first kappa shape index (κ1) is 17.5. The zero-order valence-corrected chi connectivity index (χ0v) is 14.9. The van der Waals surface area contributed by atoms with Crippen molar-refractivity contribution in [3.63, 3.8) is 0 Å². The van der Waals surface area contributed by atoms with Gasteiger partial charge in [-0.1, -0.05) is 36.4 Å². The molecule has 0 amide bonds. The largest absolute Gasteiger partial charge is 0.493 e. The zero-order valence-electron chi connectivity index (χ0n) is 14.9. The summed E-state index contributed by atoms with van der Waals surface area (Å²) in [5.74, 6) is 0.984. The van der Waals surface area contributed by atoms with Gasteiger partial charge in [-0.05, 0) is 69.0 Å². The summed E-state index contributed by atoms with van der Waals surface area (Å²) in [5.41, 5.74) is 3.09. The van der Waals surface area contributed by atoms with Crippen LogP contribution in [0.15, 0.2) is 48.5 Å². The minimum absolute atomic E-state index is 0.662. The van der Waals surface area contributed by atoms with Crippen LogP contribution in [0.5, 0.6) is 5.75 Å². The molecule has 0 aromatic heterocycles. The van der Waals surface area contributed by atoms with Gasteiger partial charge in [0.2, 0.25) is 0 Å². The van der Waals surface area contributed by atoms with Gasteiger partial charge in [-0.2, -0.15) is 5.26 Å². The highest BCUT2D eigenvalue weighted by atomic mass is 16.5. The maximum absolute atomic E-state index is 9.23. The van der Waals surface area contributed by atoms with E-state index in [1.165, 1.54) is 24.9 Å². The molecule has 3 rings (SSSR count). The molecule has 3 heteroatoms. The Balaban J connectivity index is 1.58. The van der Waals surface area contributed by atoms with Crippen molar-refractivity contribution in [1.29, 1.82) is 5.26 Å². The van der Waals surface area contributed by atoms with Crippen LogP contribution in [0, 0.1) is 11.3 Å². The standard InChI is InChI=1S/C22H26N2O/c1-24-15-6-10-21(24)14-16-25-22-11-5-4-8-19(22)13-12-18-7-2-3-9-20(18)17-23/h2-5,7-9,11,21H,6,10,12-16H2,1H3. The Kier molecular flexibility index (Phi) is 6.09. The van der Waals surface area contributed by atoms with Gasteiger partial charge in [0.25, 0.3) is 0 Å². The highest BCUT2D eigenvalue weighted by Crippen LogP contribution is 2.23. The van der Waals surface area contributed by atoms with Crippen molar-refractivity contribution in [2.45, 2.75) is 38.1 Å². The maximum Gasteiger partial charge on any atom is 0.122 e. The average Bonchev–Trinajstić information content (AvgIpc) is 3.06. The number of nitriles is 1. The lowest BCUT2D eigenvalue weighted by molar-refractivity contribution is 0.232. The Morgan fingerprint density at radius 1 is 1.08 bits per heavy atom. The van der Waals surface area contributed by atoms with Crippen molar-refractivity contribution in [2.75, 3.05) is 20.2 Å². The molecule has 0 spiro atoms. The van der Waals surface area contributed by atoms with E-state index in [9.17, 15) is 5.26 Å². The van der Waals surface area contributed by atoms with E-state index in [0.29, 0.717) is 6.04 Å². The Morgan fingerprint density at radius 2 is 1.80 bits per heavy atom. The normalized spacial score (nSPS) is 17.4. The summed E-state index contributed by atoms with van der Waals surface area (Å²) in [6.07, 6.45) is 5.41. The van der Waals surface area contributed by atoms with Gasteiger partial charge in [0.15, 0.2) is 0 Å². The molecule has 2 aromatic carbocycles. The quantitative estimate of drug-likeness (QED) is 0.761. The predicted molar refractivity (Wildman–Crippen MR) is 101 cm³/mol. The van der Waals surface area contributed by atoms with E-state index in [-0.39, 0.29) is 0 Å². The highest BCUT2D eigenvalue weighted by Gasteiger charge is 2.20. The fraction of sp³-hybridized carbons (Fsp3) is 0.409. The minimum Gasteiger partial charge on any atom is -0.493 e. The molecular formula is C22H26N2O. The number of hydrogen-bond acceptors (Lipinski definition) is 3. The fourth-order valence-electron chi connectivity index (χ4n) is 3.62. The van der Waals surface area contributed by atoms with Gasteiger partial charge in [-0.25, -0.2) is 0 Å². The van der Waals surface area contributed by atoms with E-state index >= 15 is 0 Å². The molecule has 130 valence electrons. The molecule has 1 unspecified atom stereocenters. The SMILES string of the molecule is CN1CCCC1CCOc1ccccc1CCc1ccccc1C#N. The predicted octanol–water partition coefficient (Wildman–Crippen LogP) is 4.21. The molecular weight excluding hydrogens is 308 g/mol. The third kappa shape index (κ3) is 4.61. The summed E-state index contributed by atoms with van der Waals surface area (Å²) in [7, 11) is 2.21. The van der Waals surface area contributed by atoms with E-state index in [2.05, 4.69) is 36.2 Å². The van der Waals surface area contributed by atoms with E-state index in [0.717, 1.165) is 42.7 Å². The molecule has 0 radical (unpaired) electrons. The molecule has 0 N–H and O–H groups in total. The molecule has 2 aromatic rings. The van der Waals surface area contributed by atoms with Crippen LogP contribution >= 0.6 is 0 Å². The third-order valence-corrected chi connectivity index (χ3v) is 5.15. The van der Waals surface area contributed by atoms with E-state index < -0.39 is 0 Å². The lowest BCUT2D eigenvalue weighted by Crippen LogP contribution is -2.26. The fourth-order valence-corrected chi connectivity index (χ4v) is 3.62. The van der Waals surface area contributed by atoms with Crippen LogP contribution in [-0.2, 0) is 12.8 Å². The average molecular weight is 334 g/mol. The minimum atomic E-state index is 0.662. The number of likely N-dealkylation sites (tertiary alicyclic amines) is 1. The second-order valence-corrected chi connectivity index (χ2v) is 6.79. The molecule has 1 atom stereocenters. The number of ether oxygens (including phenoxy) is 1. The van der Waals surface area contributed by atoms with Crippen LogP contribution in [0.1, 0.15) is 36.0 Å². The first-order chi connectivity index (χ1) is 12.3. The molecule has 1 aliphatic heterocycles. The second-order valence-electron chi connectivity index (χ2n) is 6.79. The Bertz CT molecular complexity index is 735. The zero-order chi connectivity index (χ0) is 17.5. The van der Waals surface area contributed by atoms with E-state index in [1.54, 1.807) is 0 Å². The molecule has 1 saturated heterocycles. The lowest BCUT2D eigenvalue weighted by Gasteiger charge is -2.20. The molecule has 1 aliphatic rings. The molecule has 3 nitrogen and oxygen atoms in total.